The van der Waals surface area contributed by atoms with Crippen molar-refractivity contribution >= 4 is 63.8 Å². The Balaban J connectivity index is 1.89. The molecule has 0 saturated heterocycles. The first kappa shape index (κ1) is 25.5. The maximum atomic E-state index is 12.5. The Hall–Kier alpha value is -4.17. The van der Waals surface area contributed by atoms with Gasteiger partial charge in [-0.25, -0.2) is 0 Å². The third kappa shape index (κ3) is 6.24. The van der Waals surface area contributed by atoms with Crippen molar-refractivity contribution < 1.29 is 19.4 Å². The van der Waals surface area contributed by atoms with E-state index in [1.807, 2.05) is 0 Å². The summed E-state index contributed by atoms with van der Waals surface area (Å²) in [6.07, 6.45) is 1.24. The number of rotatable bonds is 7. The Kier molecular flexibility index (Phi) is 7.88. The van der Waals surface area contributed by atoms with Crippen LogP contribution in [0.2, 0.25) is 15.1 Å². The van der Waals surface area contributed by atoms with Crippen LogP contribution in [0.25, 0.3) is 6.08 Å². The molecule has 176 valence electrons. The molecule has 0 unspecified atom stereocenters. The molecule has 0 aliphatic heterocycles. The van der Waals surface area contributed by atoms with Crippen molar-refractivity contribution in [2.45, 2.75) is 0 Å². The Morgan fingerprint density at radius 1 is 0.971 bits per heavy atom. The number of benzene rings is 3. The van der Waals surface area contributed by atoms with Gasteiger partial charge in [-0.1, -0.05) is 34.8 Å². The molecule has 0 heterocycles. The van der Waals surface area contributed by atoms with Crippen LogP contribution in [0.4, 0.5) is 17.1 Å². The monoisotopic (exact) mass is 532 g/mol. The fraction of sp³-hybridized carbons (Fsp3) is 0. The number of amides is 1. The van der Waals surface area contributed by atoms with Crippen LogP contribution in [0, 0.1) is 31.6 Å². The number of hydrogen-bond donors (Lipinski definition) is 1. The van der Waals surface area contributed by atoms with Gasteiger partial charge in [-0.05, 0) is 54.1 Å². The van der Waals surface area contributed by atoms with Crippen LogP contribution in [0.5, 0.6) is 11.5 Å². The van der Waals surface area contributed by atoms with Crippen LogP contribution in [0.1, 0.15) is 5.56 Å². The fourth-order valence-electron chi connectivity index (χ4n) is 2.77. The molecule has 0 saturated carbocycles. The molecule has 1 amide bonds. The molecule has 13 heteroatoms. The second-order valence-corrected chi connectivity index (χ2v) is 7.96. The van der Waals surface area contributed by atoms with E-state index in [0.717, 1.165) is 18.2 Å². The maximum absolute atomic E-state index is 12.5. The van der Waals surface area contributed by atoms with E-state index in [1.165, 1.54) is 18.2 Å². The zero-order chi connectivity index (χ0) is 25.7. The second-order valence-electron chi connectivity index (χ2n) is 6.71. The summed E-state index contributed by atoms with van der Waals surface area (Å²) in [6.45, 7) is 0. The molecule has 0 fully saturated rings. The largest absolute Gasteiger partial charge is 0.447 e. The number of non-ortho nitro benzene ring substituents is 1. The average molecular weight is 534 g/mol. The molecule has 0 aromatic heterocycles. The third-order valence-corrected chi connectivity index (χ3v) is 5.17. The van der Waals surface area contributed by atoms with Crippen LogP contribution in [-0.4, -0.2) is 15.8 Å². The minimum atomic E-state index is -0.847. The van der Waals surface area contributed by atoms with Crippen molar-refractivity contribution in [3.63, 3.8) is 0 Å². The molecule has 0 radical (unpaired) electrons. The van der Waals surface area contributed by atoms with Crippen LogP contribution in [0.3, 0.4) is 0 Å². The highest BCUT2D eigenvalue weighted by Crippen LogP contribution is 2.41. The molecule has 35 heavy (non-hydrogen) atoms. The SMILES string of the molecule is N#C/C(=C\c1cc(Cl)c(Oc2ccc([N+](=O)[O-])cc2[N+](=O)[O-])c(Cl)c1)C(=O)Nc1ccc(Cl)cc1. The molecule has 3 aromatic carbocycles. The summed E-state index contributed by atoms with van der Waals surface area (Å²) < 4.78 is 5.49. The molecule has 0 spiro atoms. The predicted octanol–water partition coefficient (Wildman–Crippen LogP) is 6.80. The summed E-state index contributed by atoms with van der Waals surface area (Å²) in [6, 6.07) is 13.5. The lowest BCUT2D eigenvalue weighted by molar-refractivity contribution is -0.394. The van der Waals surface area contributed by atoms with E-state index >= 15 is 0 Å². The van der Waals surface area contributed by atoms with Crippen LogP contribution >= 0.6 is 34.8 Å². The Morgan fingerprint density at radius 2 is 1.60 bits per heavy atom. The smallest absolute Gasteiger partial charge is 0.318 e. The molecule has 10 nitrogen and oxygen atoms in total. The summed E-state index contributed by atoms with van der Waals surface area (Å²) in [5, 5.41) is 34.5. The van der Waals surface area contributed by atoms with Crippen molar-refractivity contribution in [1.82, 2.24) is 0 Å². The van der Waals surface area contributed by atoms with Gasteiger partial charge in [0.15, 0.2) is 5.75 Å². The summed E-state index contributed by atoms with van der Waals surface area (Å²) in [5.41, 5.74) is -0.728. The van der Waals surface area contributed by atoms with Gasteiger partial charge in [0.2, 0.25) is 5.75 Å². The fourth-order valence-corrected chi connectivity index (χ4v) is 3.47. The van der Waals surface area contributed by atoms with Gasteiger partial charge in [0.1, 0.15) is 11.6 Å². The van der Waals surface area contributed by atoms with Gasteiger partial charge in [0.25, 0.3) is 11.6 Å². The highest BCUT2D eigenvalue weighted by Gasteiger charge is 2.23. The first-order chi connectivity index (χ1) is 16.6. The topological polar surface area (TPSA) is 148 Å². The van der Waals surface area contributed by atoms with Crippen molar-refractivity contribution in [1.29, 1.82) is 5.26 Å². The minimum Gasteiger partial charge on any atom is -0.447 e. The van der Waals surface area contributed by atoms with Gasteiger partial charge in [0.05, 0.1) is 26.0 Å². The molecule has 3 aromatic rings. The number of carbonyl (C=O) groups excluding carboxylic acids is 1. The highest BCUT2D eigenvalue weighted by atomic mass is 35.5. The summed E-state index contributed by atoms with van der Waals surface area (Å²) >= 11 is 18.3. The molecule has 0 bridgehead atoms. The highest BCUT2D eigenvalue weighted by molar-refractivity contribution is 6.37. The lowest BCUT2D eigenvalue weighted by Gasteiger charge is -2.11. The van der Waals surface area contributed by atoms with Crippen molar-refractivity contribution in [3.05, 3.63) is 101 Å². The van der Waals surface area contributed by atoms with E-state index < -0.39 is 27.1 Å². The summed E-state index contributed by atoms with van der Waals surface area (Å²) in [4.78, 5) is 33.1. The number of halogens is 3. The van der Waals surface area contributed by atoms with E-state index in [0.29, 0.717) is 10.7 Å². The molecular formula is C22H11Cl3N4O6. The van der Waals surface area contributed by atoms with Crippen LogP contribution < -0.4 is 10.1 Å². The number of nitro groups is 2. The van der Waals surface area contributed by atoms with E-state index in [-0.39, 0.29) is 32.7 Å². The molecule has 3 rings (SSSR count). The van der Waals surface area contributed by atoms with E-state index in [9.17, 15) is 30.3 Å². The standard InChI is InChI=1S/C22H11Cl3N4O6/c23-14-1-3-15(4-2-14)27-22(30)13(11-26)7-12-8-17(24)21(18(25)9-12)35-20-6-5-16(28(31)32)10-19(20)29(33)34/h1-10H,(H,27,30)/b13-7+. The lowest BCUT2D eigenvalue weighted by Crippen LogP contribution is -2.13. The Bertz CT molecular complexity index is 1390. The van der Waals surface area contributed by atoms with E-state index in [4.69, 9.17) is 39.5 Å². The number of nitriles is 1. The zero-order valence-electron chi connectivity index (χ0n) is 17.2. The zero-order valence-corrected chi connectivity index (χ0v) is 19.5. The number of anilines is 1. The average Bonchev–Trinajstić information content (AvgIpc) is 2.81. The van der Waals surface area contributed by atoms with Gasteiger partial charge in [-0.3, -0.25) is 25.0 Å². The first-order valence-electron chi connectivity index (χ1n) is 9.37. The molecule has 0 aliphatic carbocycles. The van der Waals surface area contributed by atoms with Gasteiger partial charge in [-0.15, -0.1) is 0 Å². The van der Waals surface area contributed by atoms with Crippen molar-refractivity contribution in [2.75, 3.05) is 5.32 Å². The number of hydrogen-bond acceptors (Lipinski definition) is 7. The lowest BCUT2D eigenvalue weighted by atomic mass is 10.1. The van der Waals surface area contributed by atoms with Crippen molar-refractivity contribution in [2.24, 2.45) is 0 Å². The first-order valence-corrected chi connectivity index (χ1v) is 10.5. The number of nitrogens with zero attached hydrogens (tertiary/aromatic N) is 3. The number of carbonyl (C=O) groups is 1. The van der Waals surface area contributed by atoms with Gasteiger partial charge in [0, 0.05) is 16.8 Å². The van der Waals surface area contributed by atoms with Crippen LogP contribution in [-0.2, 0) is 4.79 Å². The molecular weight excluding hydrogens is 523 g/mol. The van der Waals surface area contributed by atoms with E-state index in [2.05, 4.69) is 5.32 Å². The Morgan fingerprint density at radius 3 is 2.14 bits per heavy atom. The third-order valence-electron chi connectivity index (χ3n) is 4.36. The summed E-state index contributed by atoms with van der Waals surface area (Å²) in [5.74, 6) is -1.18. The molecule has 0 atom stereocenters. The number of nitro benzene ring substituents is 2. The number of nitrogens with one attached hydrogen (secondary N) is 1. The van der Waals surface area contributed by atoms with Crippen LogP contribution in [0.15, 0.2) is 60.2 Å². The maximum Gasteiger partial charge on any atom is 0.318 e. The van der Waals surface area contributed by atoms with E-state index in [1.54, 1.807) is 30.3 Å². The quantitative estimate of drug-likeness (QED) is 0.152. The Labute approximate surface area is 212 Å². The molecule has 1 N–H and O–H groups in total. The van der Waals surface area contributed by atoms with Gasteiger partial charge in [-0.2, -0.15) is 5.26 Å². The minimum absolute atomic E-state index is 0.0909. The second kappa shape index (κ2) is 10.8. The van der Waals surface area contributed by atoms with Gasteiger partial charge >= 0.3 is 5.69 Å². The normalized spacial score (nSPS) is 10.9. The van der Waals surface area contributed by atoms with Crippen molar-refractivity contribution in [3.8, 4) is 17.6 Å². The predicted molar refractivity (Wildman–Crippen MR) is 130 cm³/mol. The molecule has 0 aliphatic rings. The number of ether oxygens (including phenoxy) is 1. The van der Waals surface area contributed by atoms with Gasteiger partial charge < -0.3 is 10.1 Å². The summed E-state index contributed by atoms with van der Waals surface area (Å²) in [7, 11) is 0.